The Balaban J connectivity index is -0.0000000457. The Labute approximate surface area is 135 Å². The molecule has 0 bridgehead atoms. The van der Waals surface area contributed by atoms with Crippen LogP contribution in [0, 0.1) is 0 Å². The van der Waals surface area contributed by atoms with Gasteiger partial charge in [-0.3, -0.25) is 0 Å². The van der Waals surface area contributed by atoms with Gasteiger partial charge in [-0.2, -0.15) is 0 Å². The van der Waals surface area contributed by atoms with Gasteiger partial charge in [0.2, 0.25) is 0 Å². The minimum Gasteiger partial charge on any atom is -0.828 e. The first-order valence-electron chi connectivity index (χ1n) is 1.75. The number of hydrogen-bond acceptors (Lipinski definition) is 8. The Morgan fingerprint density at radius 2 is 0.750 bits per heavy atom. The van der Waals surface area contributed by atoms with Crippen LogP contribution >= 0.6 is 0 Å². The summed E-state index contributed by atoms with van der Waals surface area (Å²) >= 11 is 0. The van der Waals surface area contributed by atoms with Crippen LogP contribution in [0.3, 0.4) is 0 Å². The van der Waals surface area contributed by atoms with Crippen molar-refractivity contribution in [3.8, 4) is 0 Å². The van der Waals surface area contributed by atoms with Crippen LogP contribution in [0.15, 0.2) is 0 Å². The van der Waals surface area contributed by atoms with Gasteiger partial charge >= 0.3 is 90.0 Å². The largest absolute Gasteiger partial charge is 1.00 e. The Bertz CT molecular complexity index is 60.0. The molecular formula is H6KNaO8Si2. The van der Waals surface area contributed by atoms with Crippen LogP contribution in [0.5, 0.6) is 0 Å². The fourth-order valence-electron chi connectivity index (χ4n) is 0. The van der Waals surface area contributed by atoms with Crippen molar-refractivity contribution in [2.75, 3.05) is 0 Å². The van der Waals surface area contributed by atoms with E-state index >= 15 is 0 Å². The summed E-state index contributed by atoms with van der Waals surface area (Å²) in [7, 11) is -9.72. The van der Waals surface area contributed by atoms with Crippen LogP contribution in [0.1, 0.15) is 0 Å². The van der Waals surface area contributed by atoms with Crippen LogP contribution in [-0.4, -0.2) is 46.9 Å². The van der Waals surface area contributed by atoms with Crippen molar-refractivity contribution in [3.63, 3.8) is 0 Å². The van der Waals surface area contributed by atoms with Crippen molar-refractivity contribution in [3.05, 3.63) is 0 Å². The van der Waals surface area contributed by atoms with Gasteiger partial charge in [0.15, 0.2) is 0 Å². The molecule has 0 radical (unpaired) electrons. The molecule has 0 saturated carbocycles. The van der Waals surface area contributed by atoms with E-state index in [1.165, 1.54) is 0 Å². The Hall–Kier alpha value is 2.75. The van der Waals surface area contributed by atoms with Crippen LogP contribution in [-0.2, 0) is 0 Å². The monoisotopic (exact) mass is 252 g/mol. The molecule has 64 valence electrons. The molecule has 0 saturated heterocycles. The van der Waals surface area contributed by atoms with E-state index in [0.29, 0.717) is 0 Å². The first kappa shape index (κ1) is 24.1. The molecule has 0 aromatic rings. The first-order chi connectivity index (χ1) is 4.00. The van der Waals surface area contributed by atoms with Crippen LogP contribution in [0.25, 0.3) is 0 Å². The Morgan fingerprint density at radius 3 is 0.750 bits per heavy atom. The minimum atomic E-state index is -5.11. The third kappa shape index (κ3) is 233. The molecule has 8 nitrogen and oxygen atoms in total. The van der Waals surface area contributed by atoms with Crippen LogP contribution < -0.4 is 90.5 Å². The zero-order valence-electron chi connectivity index (χ0n) is 6.50. The summed E-state index contributed by atoms with van der Waals surface area (Å²) in [5.41, 5.74) is 0. The molecule has 0 aromatic heterocycles. The molecule has 0 amide bonds. The van der Waals surface area contributed by atoms with E-state index in [4.69, 9.17) is 38.4 Å². The second-order valence-electron chi connectivity index (χ2n) is 1.15. The summed E-state index contributed by atoms with van der Waals surface area (Å²) in [6.45, 7) is 0. The van der Waals surface area contributed by atoms with Gasteiger partial charge in [-0.1, -0.05) is 0 Å². The van der Waals surface area contributed by atoms with E-state index in [2.05, 4.69) is 0 Å². The molecular weight excluding hydrogens is 246 g/mol. The van der Waals surface area contributed by atoms with Crippen molar-refractivity contribution in [2.45, 2.75) is 0 Å². The van der Waals surface area contributed by atoms with E-state index in [9.17, 15) is 0 Å². The van der Waals surface area contributed by atoms with Crippen LogP contribution in [0.4, 0.5) is 0 Å². The maximum atomic E-state index is 8.80. The maximum Gasteiger partial charge on any atom is 1.00 e. The molecule has 0 aliphatic heterocycles. The van der Waals surface area contributed by atoms with Gasteiger partial charge in [-0.05, 0) is 0 Å². The van der Waals surface area contributed by atoms with E-state index < -0.39 is 18.1 Å². The van der Waals surface area contributed by atoms with Gasteiger partial charge in [0.25, 0.3) is 0 Å². The maximum absolute atomic E-state index is 8.80. The summed E-state index contributed by atoms with van der Waals surface area (Å²) in [5, 5.41) is 0. The number of hydrogen-bond donors (Lipinski definition) is 6. The van der Waals surface area contributed by atoms with Crippen molar-refractivity contribution < 1.29 is 119 Å². The van der Waals surface area contributed by atoms with Crippen molar-refractivity contribution in [1.82, 2.24) is 0 Å². The summed E-state index contributed by atoms with van der Waals surface area (Å²) in [4.78, 5) is 61.1. The Morgan fingerprint density at radius 1 is 0.750 bits per heavy atom. The molecule has 0 rings (SSSR count). The van der Waals surface area contributed by atoms with Crippen LogP contribution in [0.2, 0.25) is 0 Å². The first-order valence-corrected chi connectivity index (χ1v) is 5.25. The third-order valence-electron chi connectivity index (χ3n) is 0. The predicted octanol–water partition coefficient (Wildman–Crippen LogP) is -12.5. The smallest absolute Gasteiger partial charge is 0.828 e. The van der Waals surface area contributed by atoms with Gasteiger partial charge in [-0.15, -0.1) is 0 Å². The van der Waals surface area contributed by atoms with Crippen molar-refractivity contribution >= 4 is 18.1 Å². The molecule has 0 aliphatic rings. The molecule has 0 unspecified atom stereocenters. The van der Waals surface area contributed by atoms with Gasteiger partial charge in [0, 0.05) is 0 Å². The van der Waals surface area contributed by atoms with E-state index in [-0.39, 0.29) is 80.9 Å². The molecule has 12 heavy (non-hydrogen) atoms. The van der Waals surface area contributed by atoms with Crippen molar-refractivity contribution in [1.29, 1.82) is 0 Å². The summed E-state index contributed by atoms with van der Waals surface area (Å²) < 4.78 is 0. The van der Waals surface area contributed by atoms with Gasteiger partial charge < -0.3 is 38.4 Å². The molecule has 0 spiro atoms. The summed E-state index contributed by atoms with van der Waals surface area (Å²) in [6, 6.07) is 0. The SMILES string of the molecule is O[Si](O)(O)O.[K+].[Na+].[O-][Si]([O-])(O)O. The average Bonchev–Trinajstić information content (AvgIpc) is 1.12. The topological polar surface area (TPSA) is 168 Å². The third-order valence-corrected chi connectivity index (χ3v) is 0. The second kappa shape index (κ2) is 10.3. The predicted molar refractivity (Wildman–Crippen MR) is 24.8 cm³/mol. The van der Waals surface area contributed by atoms with E-state index in [0.717, 1.165) is 0 Å². The quantitative estimate of drug-likeness (QED) is 0.231. The molecule has 0 aliphatic carbocycles. The van der Waals surface area contributed by atoms with E-state index in [1.807, 2.05) is 0 Å². The van der Waals surface area contributed by atoms with E-state index in [1.54, 1.807) is 0 Å². The molecule has 0 aromatic carbocycles. The number of rotatable bonds is 0. The Kier molecular flexibility index (Phi) is 20.7. The zero-order chi connectivity index (χ0) is 9.00. The van der Waals surface area contributed by atoms with Gasteiger partial charge in [0.1, 0.15) is 9.05 Å². The second-order valence-corrected chi connectivity index (χ2v) is 3.45. The molecule has 0 heterocycles. The summed E-state index contributed by atoms with van der Waals surface area (Å²) in [6.07, 6.45) is 0. The minimum absolute atomic E-state index is 0. The zero-order valence-corrected chi connectivity index (χ0v) is 13.6. The van der Waals surface area contributed by atoms with Crippen molar-refractivity contribution in [2.24, 2.45) is 0 Å². The normalized spacial score (nSPS) is 10.0. The molecule has 12 heteroatoms. The molecule has 6 N–H and O–H groups in total. The standard InChI is InChI=1S/K.Na.H4O4Si.H2O4Si/c;;2*1-5(2,3)4/h;;1-4H;1-2H/q2*+1;;-2. The fourth-order valence-corrected chi connectivity index (χ4v) is 0. The fraction of sp³-hybridized carbons (Fsp3) is 0. The molecule has 0 fully saturated rings. The average molecular weight is 252 g/mol. The van der Waals surface area contributed by atoms with Gasteiger partial charge in [0.05, 0.1) is 0 Å². The van der Waals surface area contributed by atoms with Gasteiger partial charge in [-0.25, -0.2) is 0 Å². The molecule has 0 atom stereocenters. The summed E-state index contributed by atoms with van der Waals surface area (Å²) in [5.74, 6) is 0.